The fourth-order valence-electron chi connectivity index (χ4n) is 7.21. The summed E-state index contributed by atoms with van der Waals surface area (Å²) in [5, 5.41) is 0.655. The number of benzene rings is 5. The number of ether oxygens (including phenoxy) is 2. The Balaban J connectivity index is 1.24. The first-order chi connectivity index (χ1) is 24.6. The summed E-state index contributed by atoms with van der Waals surface area (Å²) in [6.45, 7) is 4.54. The number of aromatic nitrogens is 1. The minimum atomic E-state index is -0.656. The third kappa shape index (κ3) is 6.75. The van der Waals surface area contributed by atoms with Crippen LogP contribution >= 0.6 is 0 Å². The van der Waals surface area contributed by atoms with Gasteiger partial charge in [-0.1, -0.05) is 127 Å². The zero-order chi connectivity index (χ0) is 34.3. The lowest BCUT2D eigenvalue weighted by Gasteiger charge is -2.51. The molecule has 0 radical (unpaired) electrons. The Hall–Kier alpha value is -5.37. The normalized spacial score (nSPS) is 15.5. The van der Waals surface area contributed by atoms with Crippen LogP contribution in [0.5, 0.6) is 5.75 Å². The standard InChI is InChI=1S/C43H40FN3O3/c1-2-49-42(48)39-30-47(43(34-17-9-4-10-18-34,35-19-11-5-12-20-35)36-21-13-6-14-22-36)26-25-46(39)29-38-24-23-33-27-37(44)28-40(41(33)45-38)50-31-32-15-7-3-8-16-32/h3-24,27-28,39H,2,25-26,29-31H2,1H3. The highest BCUT2D eigenvalue weighted by atomic mass is 19.1. The lowest BCUT2D eigenvalue weighted by Crippen LogP contribution is -2.62. The molecule has 7 heteroatoms. The molecule has 1 unspecified atom stereocenters. The first-order valence-corrected chi connectivity index (χ1v) is 17.1. The molecule has 0 amide bonds. The first-order valence-electron chi connectivity index (χ1n) is 17.1. The van der Waals surface area contributed by atoms with E-state index in [1.165, 1.54) is 12.1 Å². The average molecular weight is 666 g/mol. The van der Waals surface area contributed by atoms with Crippen molar-refractivity contribution < 1.29 is 18.7 Å². The van der Waals surface area contributed by atoms with Crippen molar-refractivity contribution in [1.82, 2.24) is 14.8 Å². The smallest absolute Gasteiger partial charge is 0.324 e. The lowest BCUT2D eigenvalue weighted by molar-refractivity contribution is -0.153. The average Bonchev–Trinajstić information content (AvgIpc) is 3.16. The Morgan fingerprint density at radius 3 is 1.94 bits per heavy atom. The second kappa shape index (κ2) is 15.0. The highest BCUT2D eigenvalue weighted by Gasteiger charge is 2.46. The molecule has 0 saturated carbocycles. The fraction of sp³-hybridized carbons (Fsp3) is 0.209. The first kappa shape index (κ1) is 33.1. The van der Waals surface area contributed by atoms with Crippen molar-refractivity contribution in [3.8, 4) is 5.75 Å². The number of esters is 1. The number of nitrogens with zero attached hydrogens (tertiary/aromatic N) is 3. The number of halogens is 1. The number of carbonyl (C=O) groups excluding carboxylic acids is 1. The quantitative estimate of drug-likeness (QED) is 0.103. The second-order valence-corrected chi connectivity index (χ2v) is 12.5. The van der Waals surface area contributed by atoms with Crippen LogP contribution < -0.4 is 4.74 Å². The van der Waals surface area contributed by atoms with E-state index in [1.54, 1.807) is 0 Å². The number of rotatable bonds is 11. The minimum Gasteiger partial charge on any atom is -0.487 e. The lowest BCUT2D eigenvalue weighted by atomic mass is 9.75. The SMILES string of the molecule is CCOC(=O)C1CN(C(c2ccccc2)(c2ccccc2)c2ccccc2)CCN1Cc1ccc2cc(F)cc(OCc3ccccc3)c2n1. The van der Waals surface area contributed by atoms with Gasteiger partial charge < -0.3 is 9.47 Å². The molecular formula is C43H40FN3O3. The number of carbonyl (C=O) groups is 1. The maximum Gasteiger partial charge on any atom is 0.324 e. The number of piperazine rings is 1. The molecule has 1 fully saturated rings. The monoisotopic (exact) mass is 665 g/mol. The van der Waals surface area contributed by atoms with Crippen molar-refractivity contribution in [2.24, 2.45) is 0 Å². The minimum absolute atomic E-state index is 0.268. The molecule has 5 aromatic carbocycles. The van der Waals surface area contributed by atoms with E-state index < -0.39 is 11.6 Å². The van der Waals surface area contributed by atoms with Gasteiger partial charge in [0.05, 0.1) is 17.8 Å². The van der Waals surface area contributed by atoms with Crippen molar-refractivity contribution >= 4 is 16.9 Å². The van der Waals surface area contributed by atoms with E-state index in [0.29, 0.717) is 49.4 Å². The Bertz CT molecular complexity index is 1930. The van der Waals surface area contributed by atoms with Crippen LogP contribution in [0.4, 0.5) is 4.39 Å². The molecule has 0 spiro atoms. The van der Waals surface area contributed by atoms with Gasteiger partial charge in [0.15, 0.2) is 0 Å². The Kier molecular flexibility index (Phi) is 9.96. The molecule has 252 valence electrons. The van der Waals surface area contributed by atoms with E-state index in [-0.39, 0.29) is 18.4 Å². The maximum atomic E-state index is 14.6. The van der Waals surface area contributed by atoms with E-state index in [9.17, 15) is 9.18 Å². The van der Waals surface area contributed by atoms with Crippen LogP contribution in [-0.2, 0) is 28.2 Å². The Morgan fingerprint density at radius 1 is 0.780 bits per heavy atom. The van der Waals surface area contributed by atoms with Gasteiger partial charge in [-0.25, -0.2) is 9.37 Å². The van der Waals surface area contributed by atoms with Gasteiger partial charge in [0, 0.05) is 37.6 Å². The number of hydrogen-bond donors (Lipinski definition) is 0. The van der Waals surface area contributed by atoms with Gasteiger partial charge in [0.25, 0.3) is 0 Å². The Morgan fingerprint density at radius 2 is 1.36 bits per heavy atom. The summed E-state index contributed by atoms with van der Waals surface area (Å²) in [6.07, 6.45) is 0. The van der Waals surface area contributed by atoms with Crippen LogP contribution in [-0.4, -0.2) is 53.0 Å². The third-order valence-electron chi connectivity index (χ3n) is 9.48. The maximum absolute atomic E-state index is 14.6. The van der Waals surface area contributed by atoms with E-state index in [2.05, 4.69) is 82.6 Å². The van der Waals surface area contributed by atoms with E-state index in [1.807, 2.05) is 67.6 Å². The molecule has 0 aliphatic carbocycles. The summed E-state index contributed by atoms with van der Waals surface area (Å²) in [5.74, 6) is -0.266. The van der Waals surface area contributed by atoms with Gasteiger partial charge in [-0.05, 0) is 41.3 Å². The van der Waals surface area contributed by atoms with Gasteiger partial charge in [0.1, 0.15) is 29.7 Å². The van der Waals surface area contributed by atoms with Gasteiger partial charge in [0.2, 0.25) is 0 Å². The van der Waals surface area contributed by atoms with Crippen LogP contribution in [0.3, 0.4) is 0 Å². The van der Waals surface area contributed by atoms with Crippen LogP contribution in [0.25, 0.3) is 10.9 Å². The molecule has 6 aromatic rings. The fourth-order valence-corrected chi connectivity index (χ4v) is 7.21. The molecule has 1 atom stereocenters. The van der Waals surface area contributed by atoms with Crippen molar-refractivity contribution in [2.45, 2.75) is 31.7 Å². The molecule has 1 aromatic heterocycles. The summed E-state index contributed by atoms with van der Waals surface area (Å²) in [4.78, 5) is 23.4. The van der Waals surface area contributed by atoms with E-state index in [0.717, 1.165) is 27.9 Å². The van der Waals surface area contributed by atoms with Crippen molar-refractivity contribution in [3.05, 3.63) is 179 Å². The number of pyridine rings is 1. The molecule has 1 aliphatic rings. The van der Waals surface area contributed by atoms with Crippen molar-refractivity contribution in [2.75, 3.05) is 26.2 Å². The number of hydrogen-bond acceptors (Lipinski definition) is 6. The van der Waals surface area contributed by atoms with Crippen molar-refractivity contribution in [1.29, 1.82) is 0 Å². The summed E-state index contributed by atoms with van der Waals surface area (Å²) in [5.41, 5.74) is 5.05. The van der Waals surface area contributed by atoms with Crippen molar-refractivity contribution in [3.63, 3.8) is 0 Å². The second-order valence-electron chi connectivity index (χ2n) is 12.5. The molecule has 1 aliphatic heterocycles. The van der Waals surface area contributed by atoms with Crippen LogP contribution in [0.1, 0.15) is 34.9 Å². The predicted octanol–water partition coefficient (Wildman–Crippen LogP) is 7.99. The summed E-state index contributed by atoms with van der Waals surface area (Å²) in [6, 6.07) is 47.4. The van der Waals surface area contributed by atoms with Gasteiger partial charge in [-0.3, -0.25) is 14.6 Å². The number of fused-ring (bicyclic) bond motifs is 1. The predicted molar refractivity (Wildman–Crippen MR) is 194 cm³/mol. The van der Waals surface area contributed by atoms with Gasteiger partial charge in [-0.15, -0.1) is 0 Å². The molecule has 2 heterocycles. The van der Waals surface area contributed by atoms with E-state index in [4.69, 9.17) is 14.5 Å². The molecule has 0 N–H and O–H groups in total. The Labute approximate surface area is 292 Å². The van der Waals surface area contributed by atoms with Crippen LogP contribution in [0.2, 0.25) is 0 Å². The van der Waals surface area contributed by atoms with Crippen LogP contribution in [0.15, 0.2) is 146 Å². The zero-order valence-electron chi connectivity index (χ0n) is 28.1. The highest BCUT2D eigenvalue weighted by molar-refractivity contribution is 5.84. The molecule has 0 bridgehead atoms. The molecule has 50 heavy (non-hydrogen) atoms. The van der Waals surface area contributed by atoms with E-state index >= 15 is 0 Å². The largest absolute Gasteiger partial charge is 0.487 e. The molecular weight excluding hydrogens is 625 g/mol. The summed E-state index contributed by atoms with van der Waals surface area (Å²) >= 11 is 0. The molecule has 6 nitrogen and oxygen atoms in total. The highest BCUT2D eigenvalue weighted by Crippen LogP contribution is 2.43. The van der Waals surface area contributed by atoms with Gasteiger partial charge >= 0.3 is 5.97 Å². The van der Waals surface area contributed by atoms with Crippen LogP contribution in [0, 0.1) is 5.82 Å². The summed E-state index contributed by atoms with van der Waals surface area (Å²) in [7, 11) is 0. The molecule has 1 saturated heterocycles. The third-order valence-corrected chi connectivity index (χ3v) is 9.48. The molecule has 7 rings (SSSR count). The topological polar surface area (TPSA) is 54.9 Å². The summed E-state index contributed by atoms with van der Waals surface area (Å²) < 4.78 is 26.5. The zero-order valence-corrected chi connectivity index (χ0v) is 28.1. The van der Waals surface area contributed by atoms with Gasteiger partial charge in [-0.2, -0.15) is 0 Å².